The maximum atomic E-state index is 12.6. The van der Waals surface area contributed by atoms with Crippen molar-refractivity contribution in [2.45, 2.75) is 0 Å². The van der Waals surface area contributed by atoms with Crippen molar-refractivity contribution in [3.8, 4) is 11.6 Å². The molecule has 0 saturated carbocycles. The molecule has 0 bridgehead atoms. The molecule has 8 nitrogen and oxygen atoms in total. The summed E-state index contributed by atoms with van der Waals surface area (Å²) in [6.07, 6.45) is 5.22. The van der Waals surface area contributed by atoms with Gasteiger partial charge in [0.25, 0.3) is 5.91 Å². The summed E-state index contributed by atoms with van der Waals surface area (Å²) in [5.41, 5.74) is 0.675. The Bertz CT molecular complexity index is 885. The summed E-state index contributed by atoms with van der Waals surface area (Å²) in [4.78, 5) is 20.7. The van der Waals surface area contributed by atoms with E-state index in [1.807, 2.05) is 27.8 Å². The van der Waals surface area contributed by atoms with E-state index in [9.17, 15) is 4.79 Å². The van der Waals surface area contributed by atoms with Gasteiger partial charge in [-0.15, -0.1) is 10.2 Å². The fraction of sp³-hybridized carbons (Fsp3) is 0.263. The predicted octanol–water partition coefficient (Wildman–Crippen LogP) is 1.63. The molecule has 0 aliphatic carbocycles. The maximum absolute atomic E-state index is 12.6. The molecule has 0 unspecified atom stereocenters. The molecule has 138 valence electrons. The first-order valence-corrected chi connectivity index (χ1v) is 8.75. The Morgan fingerprint density at radius 2 is 1.67 bits per heavy atom. The lowest BCUT2D eigenvalue weighted by Gasteiger charge is -2.35. The van der Waals surface area contributed by atoms with Crippen LogP contribution in [0.15, 0.2) is 55.1 Å². The molecule has 0 N–H and O–H groups in total. The summed E-state index contributed by atoms with van der Waals surface area (Å²) in [6, 6.07) is 11.1. The molecular formula is C19H20N6O2. The first kappa shape index (κ1) is 17.0. The fourth-order valence-corrected chi connectivity index (χ4v) is 3.07. The Labute approximate surface area is 157 Å². The maximum Gasteiger partial charge on any atom is 0.253 e. The molecule has 3 aromatic rings. The lowest BCUT2D eigenvalue weighted by Crippen LogP contribution is -2.49. The molecule has 1 aliphatic heterocycles. The van der Waals surface area contributed by atoms with Crippen LogP contribution in [-0.4, -0.2) is 63.8 Å². The largest absolute Gasteiger partial charge is 0.497 e. The third-order valence-corrected chi connectivity index (χ3v) is 4.63. The molecule has 1 aliphatic rings. The highest BCUT2D eigenvalue weighted by Gasteiger charge is 2.23. The Morgan fingerprint density at radius 1 is 0.963 bits per heavy atom. The van der Waals surface area contributed by atoms with Gasteiger partial charge in [0.2, 0.25) is 0 Å². The third kappa shape index (κ3) is 3.59. The van der Waals surface area contributed by atoms with Crippen LogP contribution in [0.1, 0.15) is 10.4 Å². The monoisotopic (exact) mass is 364 g/mol. The van der Waals surface area contributed by atoms with Crippen molar-refractivity contribution in [2.24, 2.45) is 0 Å². The Hall–Kier alpha value is -3.42. The van der Waals surface area contributed by atoms with Gasteiger partial charge in [-0.1, -0.05) is 0 Å². The number of rotatable bonds is 4. The highest BCUT2D eigenvalue weighted by Crippen LogP contribution is 2.17. The molecule has 1 saturated heterocycles. The van der Waals surface area contributed by atoms with Crippen LogP contribution in [0.4, 0.5) is 5.82 Å². The van der Waals surface area contributed by atoms with Gasteiger partial charge in [-0.2, -0.15) is 0 Å². The van der Waals surface area contributed by atoms with Crippen molar-refractivity contribution in [3.63, 3.8) is 0 Å². The van der Waals surface area contributed by atoms with Crippen molar-refractivity contribution < 1.29 is 9.53 Å². The van der Waals surface area contributed by atoms with Gasteiger partial charge in [-0.25, -0.2) is 4.98 Å². The van der Waals surface area contributed by atoms with Gasteiger partial charge in [0.15, 0.2) is 11.6 Å². The molecule has 0 radical (unpaired) electrons. The standard InChI is InChI=1S/C19H20N6O2/c1-27-16-4-2-15(3-5-16)19(26)24-12-10-23(11-13-24)17-6-7-18(22-21-17)25-9-8-20-14-25/h2-9,14H,10-13H2,1H3. The van der Waals surface area contributed by atoms with E-state index in [1.54, 1.807) is 43.9 Å². The predicted molar refractivity (Wildman–Crippen MR) is 100 cm³/mol. The number of hydrogen-bond donors (Lipinski definition) is 0. The molecule has 27 heavy (non-hydrogen) atoms. The van der Waals surface area contributed by atoms with Crippen molar-refractivity contribution >= 4 is 11.7 Å². The number of hydrogen-bond acceptors (Lipinski definition) is 6. The number of carbonyl (C=O) groups is 1. The smallest absolute Gasteiger partial charge is 0.253 e. The number of imidazole rings is 1. The van der Waals surface area contributed by atoms with Crippen LogP contribution in [0.25, 0.3) is 5.82 Å². The van der Waals surface area contributed by atoms with Gasteiger partial charge in [-0.3, -0.25) is 9.36 Å². The van der Waals surface area contributed by atoms with E-state index in [4.69, 9.17) is 4.74 Å². The highest BCUT2D eigenvalue weighted by atomic mass is 16.5. The second-order valence-electron chi connectivity index (χ2n) is 6.23. The van der Waals surface area contributed by atoms with Gasteiger partial charge in [0.05, 0.1) is 7.11 Å². The topological polar surface area (TPSA) is 76.4 Å². The molecule has 1 aromatic carbocycles. The fourth-order valence-electron chi connectivity index (χ4n) is 3.07. The van der Waals surface area contributed by atoms with Crippen LogP contribution in [0.3, 0.4) is 0 Å². The number of nitrogens with zero attached hydrogens (tertiary/aromatic N) is 6. The third-order valence-electron chi connectivity index (χ3n) is 4.63. The Morgan fingerprint density at radius 3 is 2.26 bits per heavy atom. The van der Waals surface area contributed by atoms with Crippen molar-refractivity contribution in [1.82, 2.24) is 24.6 Å². The number of anilines is 1. The summed E-state index contributed by atoms with van der Waals surface area (Å²) >= 11 is 0. The number of carbonyl (C=O) groups excluding carboxylic acids is 1. The SMILES string of the molecule is COc1ccc(C(=O)N2CCN(c3ccc(-n4ccnc4)nn3)CC2)cc1. The molecule has 1 fully saturated rings. The first-order chi connectivity index (χ1) is 13.2. The average molecular weight is 364 g/mol. The molecule has 1 amide bonds. The van der Waals surface area contributed by atoms with Crippen LogP contribution in [0, 0.1) is 0 Å². The van der Waals surface area contributed by atoms with E-state index in [0.29, 0.717) is 18.7 Å². The quantitative estimate of drug-likeness (QED) is 0.700. The zero-order chi connectivity index (χ0) is 18.6. The molecule has 2 aromatic heterocycles. The number of benzene rings is 1. The second-order valence-corrected chi connectivity index (χ2v) is 6.23. The van der Waals surface area contributed by atoms with Crippen molar-refractivity contribution in [1.29, 1.82) is 0 Å². The summed E-state index contributed by atoms with van der Waals surface area (Å²) in [6.45, 7) is 2.74. The number of piperazine rings is 1. The normalized spacial score (nSPS) is 14.3. The van der Waals surface area contributed by atoms with Crippen LogP contribution in [0.2, 0.25) is 0 Å². The zero-order valence-electron chi connectivity index (χ0n) is 15.0. The van der Waals surface area contributed by atoms with Gasteiger partial charge >= 0.3 is 0 Å². The lowest BCUT2D eigenvalue weighted by atomic mass is 10.1. The van der Waals surface area contributed by atoms with E-state index >= 15 is 0 Å². The van der Waals surface area contributed by atoms with E-state index < -0.39 is 0 Å². The molecule has 0 spiro atoms. The summed E-state index contributed by atoms with van der Waals surface area (Å²) < 4.78 is 6.95. The minimum absolute atomic E-state index is 0.0406. The van der Waals surface area contributed by atoms with E-state index in [1.165, 1.54) is 0 Å². The van der Waals surface area contributed by atoms with E-state index in [2.05, 4.69) is 20.1 Å². The molecule has 8 heteroatoms. The van der Waals surface area contributed by atoms with Crippen LogP contribution >= 0.6 is 0 Å². The van der Waals surface area contributed by atoms with Gasteiger partial charge in [0, 0.05) is 44.1 Å². The van der Waals surface area contributed by atoms with Gasteiger partial charge in [-0.05, 0) is 36.4 Å². The molecule has 3 heterocycles. The second kappa shape index (κ2) is 7.45. The average Bonchev–Trinajstić information content (AvgIpc) is 3.28. The lowest BCUT2D eigenvalue weighted by molar-refractivity contribution is 0.0746. The minimum Gasteiger partial charge on any atom is -0.497 e. The number of ether oxygens (including phenoxy) is 1. The van der Waals surface area contributed by atoms with Crippen molar-refractivity contribution in [2.75, 3.05) is 38.2 Å². The first-order valence-electron chi connectivity index (χ1n) is 8.75. The van der Waals surface area contributed by atoms with Crippen molar-refractivity contribution in [3.05, 3.63) is 60.7 Å². The Kier molecular flexibility index (Phi) is 4.69. The Balaban J connectivity index is 1.37. The molecule has 0 atom stereocenters. The minimum atomic E-state index is 0.0406. The van der Waals surface area contributed by atoms with E-state index in [-0.39, 0.29) is 5.91 Å². The van der Waals surface area contributed by atoms with Crippen LogP contribution in [-0.2, 0) is 0 Å². The van der Waals surface area contributed by atoms with Crippen LogP contribution in [0.5, 0.6) is 5.75 Å². The number of amides is 1. The number of aromatic nitrogens is 4. The molecule has 4 rings (SSSR count). The number of methoxy groups -OCH3 is 1. The van der Waals surface area contributed by atoms with Crippen LogP contribution < -0.4 is 9.64 Å². The summed E-state index contributed by atoms with van der Waals surface area (Å²) in [5, 5.41) is 8.57. The highest BCUT2D eigenvalue weighted by molar-refractivity contribution is 5.94. The van der Waals surface area contributed by atoms with E-state index in [0.717, 1.165) is 30.5 Å². The zero-order valence-corrected chi connectivity index (χ0v) is 15.0. The van der Waals surface area contributed by atoms with Gasteiger partial charge in [0.1, 0.15) is 12.1 Å². The van der Waals surface area contributed by atoms with Gasteiger partial charge < -0.3 is 14.5 Å². The summed E-state index contributed by atoms with van der Waals surface area (Å²) in [5.74, 6) is 2.33. The summed E-state index contributed by atoms with van der Waals surface area (Å²) in [7, 11) is 1.61. The molecular weight excluding hydrogens is 344 g/mol.